The predicted molar refractivity (Wildman–Crippen MR) is 67.6 cm³/mol. The van der Waals surface area contributed by atoms with Crippen molar-refractivity contribution in [1.29, 1.82) is 0 Å². The van der Waals surface area contributed by atoms with Crippen molar-refractivity contribution in [3.63, 3.8) is 0 Å². The van der Waals surface area contributed by atoms with Gasteiger partial charge in [-0.1, -0.05) is 6.92 Å². The number of nitrogens with one attached hydrogen (secondary N) is 1. The number of rotatable bonds is 5. The Hall–Kier alpha value is -0.620. The molecule has 100 valence electrons. The predicted octanol–water partition coefficient (Wildman–Crippen LogP) is 0.0216. The zero-order valence-electron chi connectivity index (χ0n) is 10.6. The van der Waals surface area contributed by atoms with E-state index < -0.39 is 9.84 Å². The molecule has 6 heteroatoms. The van der Waals surface area contributed by atoms with Gasteiger partial charge in [-0.25, -0.2) is 8.42 Å². The van der Waals surface area contributed by atoms with Crippen LogP contribution in [0.25, 0.3) is 0 Å². The van der Waals surface area contributed by atoms with Crippen LogP contribution in [0.3, 0.4) is 0 Å². The van der Waals surface area contributed by atoms with Crippen LogP contribution in [0.15, 0.2) is 0 Å². The number of amides is 1. The Morgan fingerprint density at radius 3 is 2.65 bits per heavy atom. The number of hydrogen-bond donors (Lipinski definition) is 1. The molecule has 1 aliphatic heterocycles. The normalized spacial score (nSPS) is 21.2. The Morgan fingerprint density at radius 2 is 2.18 bits per heavy atom. The van der Waals surface area contributed by atoms with E-state index in [-0.39, 0.29) is 17.7 Å². The van der Waals surface area contributed by atoms with Gasteiger partial charge < -0.3 is 10.2 Å². The van der Waals surface area contributed by atoms with Gasteiger partial charge in [-0.2, -0.15) is 0 Å². The Morgan fingerprint density at radius 1 is 1.47 bits per heavy atom. The van der Waals surface area contributed by atoms with Crippen LogP contribution in [-0.2, 0) is 14.6 Å². The fourth-order valence-electron chi connectivity index (χ4n) is 2.16. The first kappa shape index (κ1) is 14.4. The second-order valence-corrected chi connectivity index (χ2v) is 6.80. The molecule has 1 heterocycles. The molecule has 1 saturated heterocycles. The average Bonchev–Trinajstić information content (AvgIpc) is 2.24. The summed E-state index contributed by atoms with van der Waals surface area (Å²) in [6.45, 7) is 4.39. The van der Waals surface area contributed by atoms with E-state index in [0.717, 1.165) is 38.6 Å². The lowest BCUT2D eigenvalue weighted by Crippen LogP contribution is -2.50. The first-order chi connectivity index (χ1) is 7.94. The smallest absolute Gasteiger partial charge is 0.238 e. The van der Waals surface area contributed by atoms with Crippen LogP contribution in [0, 0.1) is 0 Å². The van der Waals surface area contributed by atoms with Gasteiger partial charge in [0.2, 0.25) is 5.91 Å². The third kappa shape index (κ3) is 5.04. The van der Waals surface area contributed by atoms with Crippen LogP contribution in [0.1, 0.15) is 26.2 Å². The summed E-state index contributed by atoms with van der Waals surface area (Å²) < 4.78 is 22.3. The molecule has 0 radical (unpaired) electrons. The molecule has 0 aromatic rings. The van der Waals surface area contributed by atoms with Crippen molar-refractivity contribution in [3.8, 4) is 0 Å². The minimum Gasteiger partial charge on any atom is -0.338 e. The van der Waals surface area contributed by atoms with Crippen molar-refractivity contribution in [3.05, 3.63) is 0 Å². The molecule has 0 spiro atoms. The molecule has 1 amide bonds. The molecular formula is C11H22N2O3S. The number of carbonyl (C=O) groups excluding carboxylic acids is 1. The number of nitrogens with zero attached hydrogens (tertiary/aromatic N) is 1. The largest absolute Gasteiger partial charge is 0.338 e. The standard InChI is InChI=1S/C11H22N2O3S/c1-3-7-13(10-5-4-6-12-8-10)11(14)9-17(2,15)16/h10,12H,3-9H2,1-2H3. The van der Waals surface area contributed by atoms with E-state index in [1.807, 2.05) is 6.92 Å². The molecule has 17 heavy (non-hydrogen) atoms. The molecule has 5 nitrogen and oxygen atoms in total. The van der Waals surface area contributed by atoms with Crippen LogP contribution in [0.2, 0.25) is 0 Å². The fraction of sp³-hybridized carbons (Fsp3) is 0.909. The summed E-state index contributed by atoms with van der Waals surface area (Å²) in [6, 6.07) is 0.151. The molecule has 1 rings (SSSR count). The summed E-state index contributed by atoms with van der Waals surface area (Å²) >= 11 is 0. The zero-order valence-corrected chi connectivity index (χ0v) is 11.4. The average molecular weight is 262 g/mol. The first-order valence-corrected chi connectivity index (χ1v) is 8.18. The zero-order chi connectivity index (χ0) is 12.9. The number of sulfone groups is 1. The molecule has 1 aliphatic rings. The Balaban J connectivity index is 2.66. The Labute approximate surface area is 103 Å². The van der Waals surface area contributed by atoms with Crippen LogP contribution in [-0.4, -0.2) is 56.9 Å². The van der Waals surface area contributed by atoms with E-state index in [4.69, 9.17) is 0 Å². The molecule has 1 atom stereocenters. The monoisotopic (exact) mass is 262 g/mol. The summed E-state index contributed by atoms with van der Waals surface area (Å²) in [5.74, 6) is -0.633. The van der Waals surface area contributed by atoms with Crippen LogP contribution < -0.4 is 5.32 Å². The summed E-state index contributed by atoms with van der Waals surface area (Å²) in [5.41, 5.74) is 0. The van der Waals surface area contributed by atoms with Gasteiger partial charge in [0.25, 0.3) is 0 Å². The molecule has 0 aromatic carbocycles. The van der Waals surface area contributed by atoms with E-state index >= 15 is 0 Å². The molecule has 1 N–H and O–H groups in total. The van der Waals surface area contributed by atoms with E-state index in [2.05, 4.69) is 5.32 Å². The topological polar surface area (TPSA) is 66.5 Å². The molecular weight excluding hydrogens is 240 g/mol. The first-order valence-electron chi connectivity index (χ1n) is 6.12. The van der Waals surface area contributed by atoms with Crippen LogP contribution >= 0.6 is 0 Å². The summed E-state index contributed by atoms with van der Waals surface area (Å²) in [4.78, 5) is 13.7. The third-order valence-electron chi connectivity index (χ3n) is 2.88. The maximum absolute atomic E-state index is 12.0. The second-order valence-electron chi connectivity index (χ2n) is 4.66. The summed E-state index contributed by atoms with van der Waals surface area (Å²) in [5, 5.41) is 3.25. The molecule has 0 aliphatic carbocycles. The number of hydrogen-bond acceptors (Lipinski definition) is 4. The minimum absolute atomic E-state index is 0.151. The van der Waals surface area contributed by atoms with Gasteiger partial charge in [-0.05, 0) is 25.8 Å². The lowest BCUT2D eigenvalue weighted by atomic mass is 10.1. The van der Waals surface area contributed by atoms with Gasteiger partial charge in [0.1, 0.15) is 5.75 Å². The number of piperidine rings is 1. The van der Waals surface area contributed by atoms with Crippen molar-refractivity contribution in [2.75, 3.05) is 31.6 Å². The summed E-state index contributed by atoms with van der Waals surface area (Å²) in [6.07, 6.45) is 3.96. The van der Waals surface area contributed by atoms with Gasteiger partial charge >= 0.3 is 0 Å². The minimum atomic E-state index is -3.24. The van der Waals surface area contributed by atoms with Crippen molar-refractivity contribution in [2.45, 2.75) is 32.2 Å². The van der Waals surface area contributed by atoms with E-state index in [1.165, 1.54) is 0 Å². The second kappa shape index (κ2) is 6.35. The highest BCUT2D eigenvalue weighted by atomic mass is 32.2. The number of carbonyl (C=O) groups is 1. The van der Waals surface area contributed by atoms with Gasteiger partial charge in [-0.3, -0.25) is 4.79 Å². The molecule has 0 bridgehead atoms. The molecule has 0 saturated carbocycles. The van der Waals surface area contributed by atoms with Crippen molar-refractivity contribution < 1.29 is 13.2 Å². The Bertz CT molecular complexity index is 348. The Kier molecular flexibility index (Phi) is 5.39. The highest BCUT2D eigenvalue weighted by Gasteiger charge is 2.26. The lowest BCUT2D eigenvalue weighted by molar-refractivity contribution is -0.131. The highest BCUT2D eigenvalue weighted by molar-refractivity contribution is 7.91. The molecule has 1 unspecified atom stereocenters. The van der Waals surface area contributed by atoms with Gasteiger partial charge in [0, 0.05) is 25.4 Å². The van der Waals surface area contributed by atoms with Crippen molar-refractivity contribution in [1.82, 2.24) is 10.2 Å². The van der Waals surface area contributed by atoms with E-state index in [9.17, 15) is 13.2 Å². The lowest BCUT2D eigenvalue weighted by Gasteiger charge is -2.34. The fourth-order valence-corrected chi connectivity index (χ4v) is 2.77. The van der Waals surface area contributed by atoms with Gasteiger partial charge in [-0.15, -0.1) is 0 Å². The van der Waals surface area contributed by atoms with E-state index in [1.54, 1.807) is 4.90 Å². The van der Waals surface area contributed by atoms with Crippen molar-refractivity contribution >= 4 is 15.7 Å². The molecule has 1 fully saturated rings. The van der Waals surface area contributed by atoms with Gasteiger partial charge in [0.15, 0.2) is 9.84 Å². The van der Waals surface area contributed by atoms with Crippen LogP contribution in [0.4, 0.5) is 0 Å². The van der Waals surface area contributed by atoms with Gasteiger partial charge in [0.05, 0.1) is 0 Å². The van der Waals surface area contributed by atoms with Crippen LogP contribution in [0.5, 0.6) is 0 Å². The van der Waals surface area contributed by atoms with Crippen molar-refractivity contribution in [2.24, 2.45) is 0 Å². The summed E-state index contributed by atoms with van der Waals surface area (Å²) in [7, 11) is -3.24. The maximum atomic E-state index is 12.0. The SMILES string of the molecule is CCCN(C(=O)CS(C)(=O)=O)C1CCCNC1. The quantitative estimate of drug-likeness (QED) is 0.758. The maximum Gasteiger partial charge on any atom is 0.238 e. The van der Waals surface area contributed by atoms with E-state index in [0.29, 0.717) is 6.54 Å². The third-order valence-corrected chi connectivity index (χ3v) is 3.65. The highest BCUT2D eigenvalue weighted by Crippen LogP contribution is 2.12. The molecule has 0 aromatic heterocycles.